The van der Waals surface area contributed by atoms with Crippen LogP contribution in [-0.4, -0.2) is 13.6 Å². The number of hydrogen-bond donors (Lipinski definition) is 1. The summed E-state index contributed by atoms with van der Waals surface area (Å²) in [6.45, 7) is 7.16. The average molecular weight is 219 g/mol. The third-order valence-corrected chi connectivity index (χ3v) is 2.49. The van der Waals surface area contributed by atoms with Crippen LogP contribution in [0.3, 0.4) is 0 Å². The zero-order chi connectivity index (χ0) is 12.1. The van der Waals surface area contributed by atoms with E-state index in [0.717, 1.165) is 6.54 Å². The first kappa shape index (κ1) is 14.9. The summed E-state index contributed by atoms with van der Waals surface area (Å²) in [5, 5.41) is 3.18. The molecule has 0 heterocycles. The molecule has 0 fully saturated rings. The molecule has 0 spiro atoms. The lowest BCUT2D eigenvalue weighted by molar-refractivity contribution is 0.616. The van der Waals surface area contributed by atoms with Gasteiger partial charge in [0.2, 0.25) is 0 Å². The van der Waals surface area contributed by atoms with Crippen molar-refractivity contribution in [3.05, 3.63) is 49.1 Å². The Labute approximate surface area is 101 Å². The Morgan fingerprint density at radius 2 is 1.56 bits per heavy atom. The fourth-order valence-electron chi connectivity index (χ4n) is 1.63. The molecule has 0 bridgehead atoms. The van der Waals surface area contributed by atoms with E-state index in [1.165, 1.54) is 37.7 Å². The lowest BCUT2D eigenvalue weighted by Crippen LogP contribution is -2.06. The van der Waals surface area contributed by atoms with Crippen LogP contribution >= 0.6 is 0 Å². The molecule has 1 nitrogen and oxygen atoms in total. The molecule has 1 heteroatoms. The fraction of sp³-hybridized carbons (Fsp3) is 0.467. The highest BCUT2D eigenvalue weighted by Crippen LogP contribution is 2.06. The van der Waals surface area contributed by atoms with Gasteiger partial charge < -0.3 is 5.32 Å². The number of unbranched alkanes of at least 4 members (excludes halogenated alkanes) is 3. The summed E-state index contributed by atoms with van der Waals surface area (Å²) in [4.78, 5) is 0. The molecule has 0 amide bonds. The lowest BCUT2D eigenvalue weighted by atomic mass is 10.1. The molecule has 1 rings (SSSR count). The maximum absolute atomic E-state index is 3.18. The summed E-state index contributed by atoms with van der Waals surface area (Å²) < 4.78 is 0. The first-order valence-electron chi connectivity index (χ1n) is 6.12. The van der Waals surface area contributed by atoms with Crippen LogP contribution in [0.1, 0.15) is 31.2 Å². The minimum Gasteiger partial charge on any atom is -0.320 e. The largest absolute Gasteiger partial charge is 0.320 e. The second kappa shape index (κ2) is 12.0. The van der Waals surface area contributed by atoms with Crippen molar-refractivity contribution >= 4 is 0 Å². The van der Waals surface area contributed by atoms with Crippen LogP contribution in [0.5, 0.6) is 0 Å². The van der Waals surface area contributed by atoms with Crippen LogP contribution < -0.4 is 5.32 Å². The monoisotopic (exact) mass is 219 g/mol. The quantitative estimate of drug-likeness (QED) is 0.543. The van der Waals surface area contributed by atoms with E-state index in [4.69, 9.17) is 0 Å². The van der Waals surface area contributed by atoms with Crippen LogP contribution in [0.4, 0.5) is 0 Å². The van der Waals surface area contributed by atoms with Gasteiger partial charge in [0.1, 0.15) is 0 Å². The van der Waals surface area contributed by atoms with Gasteiger partial charge in [-0.25, -0.2) is 0 Å². The highest BCUT2D eigenvalue weighted by molar-refractivity contribution is 5.14. The van der Waals surface area contributed by atoms with Crippen LogP contribution in [0.15, 0.2) is 43.5 Å². The molecule has 0 aliphatic heterocycles. The van der Waals surface area contributed by atoms with Crippen molar-refractivity contribution in [2.75, 3.05) is 13.6 Å². The zero-order valence-electron chi connectivity index (χ0n) is 10.5. The Kier molecular flexibility index (Phi) is 11.2. The van der Waals surface area contributed by atoms with Gasteiger partial charge in [-0.2, -0.15) is 0 Å². The van der Waals surface area contributed by atoms with Gasteiger partial charge in [0.25, 0.3) is 0 Å². The summed E-state index contributed by atoms with van der Waals surface area (Å²) in [6.07, 6.45) is 6.59. The maximum Gasteiger partial charge on any atom is -0.00519 e. The predicted molar refractivity (Wildman–Crippen MR) is 73.8 cm³/mol. The third kappa shape index (κ3) is 8.25. The number of aryl methyl sites for hydroxylation is 1. The Bertz CT molecular complexity index is 230. The number of hydrogen-bond acceptors (Lipinski definition) is 1. The molecule has 1 N–H and O–H groups in total. The van der Waals surface area contributed by atoms with E-state index in [2.05, 4.69) is 48.8 Å². The lowest BCUT2D eigenvalue weighted by Gasteiger charge is -2.01. The van der Waals surface area contributed by atoms with Crippen molar-refractivity contribution < 1.29 is 0 Å². The molecule has 0 radical (unpaired) electrons. The van der Waals surface area contributed by atoms with Gasteiger partial charge in [-0.15, -0.1) is 13.2 Å². The highest BCUT2D eigenvalue weighted by atomic mass is 14.8. The maximum atomic E-state index is 3.18. The zero-order valence-corrected chi connectivity index (χ0v) is 10.5. The van der Waals surface area contributed by atoms with Gasteiger partial charge in [0, 0.05) is 0 Å². The summed E-state index contributed by atoms with van der Waals surface area (Å²) in [7, 11) is 2.02. The highest BCUT2D eigenvalue weighted by Gasteiger charge is 1.92. The van der Waals surface area contributed by atoms with Crippen molar-refractivity contribution in [3.63, 3.8) is 0 Å². The molecular formula is C15H25N. The van der Waals surface area contributed by atoms with Crippen molar-refractivity contribution in [1.82, 2.24) is 5.32 Å². The normalized spacial score (nSPS) is 9.31. The topological polar surface area (TPSA) is 12.0 Å². The molecule has 16 heavy (non-hydrogen) atoms. The second-order valence-electron chi connectivity index (χ2n) is 3.75. The summed E-state index contributed by atoms with van der Waals surface area (Å²) in [6, 6.07) is 10.8. The molecular weight excluding hydrogens is 194 g/mol. The smallest absolute Gasteiger partial charge is 0.00519 e. The van der Waals surface area contributed by atoms with Gasteiger partial charge in [-0.05, 0) is 38.4 Å². The Morgan fingerprint density at radius 1 is 0.938 bits per heavy atom. The molecule has 0 unspecified atom stereocenters. The summed E-state index contributed by atoms with van der Waals surface area (Å²) in [5.74, 6) is 0. The van der Waals surface area contributed by atoms with Crippen LogP contribution in [0.25, 0.3) is 0 Å². The van der Waals surface area contributed by atoms with Crippen molar-refractivity contribution in [3.8, 4) is 0 Å². The molecule has 0 aromatic heterocycles. The minimum atomic E-state index is 1.16. The predicted octanol–water partition coefficient (Wildman–Crippen LogP) is 3.81. The van der Waals surface area contributed by atoms with E-state index < -0.39 is 0 Å². The number of nitrogens with one attached hydrogen (secondary N) is 1. The van der Waals surface area contributed by atoms with E-state index >= 15 is 0 Å². The number of rotatable bonds is 7. The third-order valence-electron chi connectivity index (χ3n) is 2.49. The first-order valence-corrected chi connectivity index (χ1v) is 6.12. The summed E-state index contributed by atoms with van der Waals surface area (Å²) in [5.41, 5.74) is 1.47. The SMILES string of the molecule is C=C.CNCCCCCCc1ccccc1. The average Bonchev–Trinajstić information content (AvgIpc) is 2.37. The summed E-state index contributed by atoms with van der Waals surface area (Å²) >= 11 is 0. The first-order chi connectivity index (χ1) is 7.93. The molecule has 0 aliphatic rings. The molecule has 0 atom stereocenters. The fourth-order valence-corrected chi connectivity index (χ4v) is 1.63. The van der Waals surface area contributed by atoms with E-state index in [9.17, 15) is 0 Å². The molecule has 1 aromatic carbocycles. The van der Waals surface area contributed by atoms with E-state index in [0.29, 0.717) is 0 Å². The van der Waals surface area contributed by atoms with E-state index in [1.54, 1.807) is 0 Å². The van der Waals surface area contributed by atoms with Crippen molar-refractivity contribution in [2.45, 2.75) is 32.1 Å². The van der Waals surface area contributed by atoms with Crippen molar-refractivity contribution in [1.29, 1.82) is 0 Å². The molecule has 0 saturated carbocycles. The Hall–Kier alpha value is -1.08. The van der Waals surface area contributed by atoms with Crippen LogP contribution in [-0.2, 0) is 6.42 Å². The minimum absolute atomic E-state index is 1.16. The van der Waals surface area contributed by atoms with Gasteiger partial charge >= 0.3 is 0 Å². The van der Waals surface area contributed by atoms with Gasteiger partial charge in [0.15, 0.2) is 0 Å². The van der Waals surface area contributed by atoms with Gasteiger partial charge in [-0.3, -0.25) is 0 Å². The van der Waals surface area contributed by atoms with E-state index in [1.807, 2.05) is 7.05 Å². The van der Waals surface area contributed by atoms with E-state index in [-0.39, 0.29) is 0 Å². The molecule has 0 saturated heterocycles. The number of benzene rings is 1. The van der Waals surface area contributed by atoms with Crippen LogP contribution in [0.2, 0.25) is 0 Å². The second-order valence-corrected chi connectivity index (χ2v) is 3.75. The van der Waals surface area contributed by atoms with Crippen molar-refractivity contribution in [2.24, 2.45) is 0 Å². The molecule has 0 aliphatic carbocycles. The molecule has 90 valence electrons. The standard InChI is InChI=1S/C13H21N.C2H4/c1-14-12-8-3-2-5-9-13-10-6-4-7-11-13;1-2/h4,6-7,10-11,14H,2-3,5,8-9,12H2,1H3;1-2H2. The molecule has 1 aromatic rings. The van der Waals surface area contributed by atoms with Gasteiger partial charge in [-0.1, -0.05) is 43.2 Å². The van der Waals surface area contributed by atoms with Gasteiger partial charge in [0.05, 0.1) is 0 Å². The Balaban J connectivity index is 0.00000106. The Morgan fingerprint density at radius 3 is 2.19 bits per heavy atom. The van der Waals surface area contributed by atoms with Crippen LogP contribution in [0, 0.1) is 0 Å².